The van der Waals surface area contributed by atoms with Crippen LogP contribution in [0.5, 0.6) is 0 Å². The lowest BCUT2D eigenvalue weighted by molar-refractivity contribution is -0.870. The van der Waals surface area contributed by atoms with Gasteiger partial charge in [-0.15, -0.1) is 0 Å². The van der Waals surface area contributed by atoms with E-state index in [1.807, 2.05) is 39.4 Å². The summed E-state index contributed by atoms with van der Waals surface area (Å²) < 4.78 is 30.3. The Morgan fingerprint density at radius 3 is 1.43 bits per heavy atom. The number of ether oxygens (including phenoxy) is 1. The maximum absolute atomic E-state index is 13.5. The van der Waals surface area contributed by atoms with Gasteiger partial charge in [-0.05, 0) is 96.0 Å². The summed E-state index contributed by atoms with van der Waals surface area (Å²) in [5.74, 6) is -0.584. The summed E-state index contributed by atoms with van der Waals surface area (Å²) in [5, 5.41) is 3.01. The number of esters is 1. The van der Waals surface area contributed by atoms with E-state index in [2.05, 4.69) is 117 Å². The highest BCUT2D eigenvalue weighted by Gasteiger charge is 2.27. The normalized spacial score (nSPS) is 14.5. The number of nitrogens with zero attached hydrogens (tertiary/aromatic N) is 1. The summed E-state index contributed by atoms with van der Waals surface area (Å²) in [6.07, 6.45) is 73.4. The average molecular weight is 1070 g/mol. The molecule has 0 rings (SSSR count). The number of nitrogens with one attached hydrogen (secondary N) is 1. The molecule has 0 saturated heterocycles. The fourth-order valence-corrected chi connectivity index (χ4v) is 8.86. The van der Waals surface area contributed by atoms with Crippen molar-refractivity contribution in [2.75, 3.05) is 40.9 Å². The standard InChI is InChI=1S/C65H113N2O7P/c1-7-10-13-16-19-22-25-28-29-30-31-32-33-34-35-36-37-40-43-46-49-52-55-58-65(69)74-63(56-53-50-47-44-41-38-26-23-20-17-14-11-8-2)62(61-73-75(70,71)72-60-59-67(4,5)6)66-64(68)57-54-51-48-45-42-39-27-24-21-18-15-12-9-3/h10,12-13,15,18-19,21-22,24,27-29,31-32,34-35,53,56,62-63H,7-9,11,14,16-17,20,23,25-26,30,33,36-52,54-55,57-61H2,1-6H3,(H-,66,68,70,71)/b13-10-,15-12+,21-18+,22-19-,27-24-,29-28-,32-31-,35-34-,56-53-. The number of hydrogen-bond donors (Lipinski definition) is 1. The predicted octanol–water partition coefficient (Wildman–Crippen LogP) is 17.9. The number of hydrogen-bond acceptors (Lipinski definition) is 7. The summed E-state index contributed by atoms with van der Waals surface area (Å²) in [7, 11) is 1.15. The predicted molar refractivity (Wildman–Crippen MR) is 320 cm³/mol. The van der Waals surface area contributed by atoms with Gasteiger partial charge < -0.3 is 28.5 Å². The Kier molecular flexibility index (Phi) is 51.6. The van der Waals surface area contributed by atoms with Crippen molar-refractivity contribution in [3.05, 3.63) is 109 Å². The topological polar surface area (TPSA) is 114 Å². The molecule has 0 heterocycles. The summed E-state index contributed by atoms with van der Waals surface area (Å²) >= 11 is 0. The maximum atomic E-state index is 13.5. The van der Waals surface area contributed by atoms with Gasteiger partial charge in [0.1, 0.15) is 19.3 Å². The molecule has 9 nitrogen and oxygen atoms in total. The first-order valence-electron chi connectivity index (χ1n) is 30.2. The minimum absolute atomic E-state index is 0.0341. The second kappa shape index (κ2) is 54.0. The zero-order valence-electron chi connectivity index (χ0n) is 49.0. The van der Waals surface area contributed by atoms with Gasteiger partial charge in [0.2, 0.25) is 5.91 Å². The van der Waals surface area contributed by atoms with Crippen molar-refractivity contribution in [1.29, 1.82) is 0 Å². The molecule has 430 valence electrons. The van der Waals surface area contributed by atoms with Crippen LogP contribution in [0.3, 0.4) is 0 Å². The van der Waals surface area contributed by atoms with Gasteiger partial charge in [0, 0.05) is 12.8 Å². The molecule has 0 aliphatic carbocycles. The van der Waals surface area contributed by atoms with Gasteiger partial charge in [0.25, 0.3) is 7.82 Å². The lowest BCUT2D eigenvalue weighted by Gasteiger charge is -2.30. The molecule has 0 aliphatic heterocycles. The van der Waals surface area contributed by atoms with E-state index in [0.717, 1.165) is 116 Å². The van der Waals surface area contributed by atoms with Gasteiger partial charge in [-0.25, -0.2) is 0 Å². The average Bonchev–Trinajstić information content (AvgIpc) is 3.37. The molecule has 0 saturated carbocycles. The fourth-order valence-electron chi connectivity index (χ4n) is 8.14. The van der Waals surface area contributed by atoms with Crippen LogP contribution < -0.4 is 10.2 Å². The molecule has 1 amide bonds. The Balaban J connectivity index is 5.29. The number of phosphoric acid groups is 1. The van der Waals surface area contributed by atoms with Crippen LogP contribution in [0.1, 0.15) is 239 Å². The van der Waals surface area contributed by atoms with Crippen molar-refractivity contribution in [3.8, 4) is 0 Å². The highest BCUT2D eigenvalue weighted by Crippen LogP contribution is 2.38. The molecule has 3 atom stereocenters. The zero-order valence-corrected chi connectivity index (χ0v) is 49.9. The van der Waals surface area contributed by atoms with Crippen molar-refractivity contribution in [3.63, 3.8) is 0 Å². The van der Waals surface area contributed by atoms with Crippen molar-refractivity contribution in [2.24, 2.45) is 0 Å². The lowest BCUT2D eigenvalue weighted by Crippen LogP contribution is -2.47. The number of quaternary nitrogens is 1. The van der Waals surface area contributed by atoms with E-state index in [1.165, 1.54) is 77.0 Å². The second-order valence-corrected chi connectivity index (χ2v) is 22.6. The van der Waals surface area contributed by atoms with Gasteiger partial charge >= 0.3 is 5.97 Å². The smallest absolute Gasteiger partial charge is 0.306 e. The van der Waals surface area contributed by atoms with E-state index in [0.29, 0.717) is 23.9 Å². The first kappa shape index (κ1) is 71.7. The molecule has 1 N–H and O–H groups in total. The van der Waals surface area contributed by atoms with E-state index in [1.54, 1.807) is 0 Å². The van der Waals surface area contributed by atoms with E-state index in [9.17, 15) is 19.0 Å². The molecule has 0 aliphatic rings. The minimum atomic E-state index is -4.71. The Morgan fingerprint density at radius 1 is 0.493 bits per heavy atom. The lowest BCUT2D eigenvalue weighted by atomic mass is 10.0. The molecular weight excluding hydrogens is 952 g/mol. The summed E-state index contributed by atoms with van der Waals surface area (Å²) in [6, 6.07) is -0.910. The largest absolute Gasteiger partial charge is 0.756 e. The van der Waals surface area contributed by atoms with Crippen molar-refractivity contribution < 1.29 is 37.3 Å². The van der Waals surface area contributed by atoms with E-state index >= 15 is 0 Å². The van der Waals surface area contributed by atoms with Crippen LogP contribution in [-0.2, 0) is 27.9 Å². The number of rotatable bonds is 53. The minimum Gasteiger partial charge on any atom is -0.756 e. The van der Waals surface area contributed by atoms with Crippen molar-refractivity contribution in [1.82, 2.24) is 5.32 Å². The van der Waals surface area contributed by atoms with E-state index in [-0.39, 0.29) is 31.3 Å². The number of carbonyl (C=O) groups is 2. The van der Waals surface area contributed by atoms with Crippen LogP contribution in [0, 0.1) is 0 Å². The molecule has 75 heavy (non-hydrogen) atoms. The molecule has 0 aromatic carbocycles. The Hall–Kier alpha value is -3.33. The Morgan fingerprint density at radius 2 is 0.920 bits per heavy atom. The highest BCUT2D eigenvalue weighted by atomic mass is 31.2. The van der Waals surface area contributed by atoms with Gasteiger partial charge in [0.15, 0.2) is 0 Å². The Labute approximate surface area is 461 Å². The number of amides is 1. The molecule has 10 heteroatoms. The van der Waals surface area contributed by atoms with Gasteiger partial charge in [-0.3, -0.25) is 14.2 Å². The van der Waals surface area contributed by atoms with Crippen LogP contribution in [-0.4, -0.2) is 69.4 Å². The molecule has 0 fully saturated rings. The third-order valence-corrected chi connectivity index (χ3v) is 13.7. The number of carbonyl (C=O) groups excluding carboxylic acids is 2. The molecule has 0 spiro atoms. The molecule has 0 aromatic rings. The highest BCUT2D eigenvalue weighted by molar-refractivity contribution is 7.45. The molecule has 0 bridgehead atoms. The molecular formula is C65H113N2O7P. The fraction of sp³-hybridized carbons (Fsp3) is 0.692. The van der Waals surface area contributed by atoms with Crippen LogP contribution in [0.4, 0.5) is 0 Å². The van der Waals surface area contributed by atoms with E-state index in [4.69, 9.17) is 13.8 Å². The SMILES string of the molecule is CC/C=C\C/C=C\C/C=C\C/C=C\C/C=C\CCCCCCCCCC(=O)OC(/C=C\CCCCCCCCCCCCC)C(COP(=O)([O-])OCC[N+](C)(C)C)NC(=O)CCCCCCC\C=C/C=C/C=C/CC. The van der Waals surface area contributed by atoms with Crippen LogP contribution in [0.2, 0.25) is 0 Å². The third-order valence-electron chi connectivity index (χ3n) is 12.8. The quantitative estimate of drug-likeness (QED) is 0.0161. The molecule has 0 radical (unpaired) electrons. The van der Waals surface area contributed by atoms with Crippen LogP contribution >= 0.6 is 7.82 Å². The number of unbranched alkanes of at least 4 members (excludes halogenated alkanes) is 23. The first-order chi connectivity index (χ1) is 36.4. The first-order valence-corrected chi connectivity index (χ1v) is 31.7. The molecule has 3 unspecified atom stereocenters. The van der Waals surface area contributed by atoms with Gasteiger partial charge in [-0.1, -0.05) is 240 Å². The van der Waals surface area contributed by atoms with E-state index < -0.39 is 26.6 Å². The zero-order chi connectivity index (χ0) is 55.0. The van der Waals surface area contributed by atoms with Gasteiger partial charge in [0.05, 0.1) is 33.8 Å². The van der Waals surface area contributed by atoms with Crippen molar-refractivity contribution >= 4 is 19.7 Å². The van der Waals surface area contributed by atoms with Crippen molar-refractivity contribution in [2.45, 2.75) is 251 Å². The molecule has 0 aromatic heterocycles. The maximum Gasteiger partial charge on any atom is 0.306 e. The summed E-state index contributed by atoms with van der Waals surface area (Å²) in [5.41, 5.74) is 0. The number of likely N-dealkylation sites (N-methyl/N-ethyl adjacent to an activating group) is 1. The van der Waals surface area contributed by atoms with Crippen LogP contribution in [0.15, 0.2) is 109 Å². The number of phosphoric ester groups is 1. The van der Waals surface area contributed by atoms with Crippen LogP contribution in [0.25, 0.3) is 0 Å². The summed E-state index contributed by atoms with van der Waals surface area (Å²) in [4.78, 5) is 39.9. The summed E-state index contributed by atoms with van der Waals surface area (Å²) in [6.45, 7) is 6.56. The Bertz CT molecular complexity index is 1650. The third kappa shape index (κ3) is 55.2. The second-order valence-electron chi connectivity index (χ2n) is 21.1. The monoisotopic (exact) mass is 1060 g/mol. The number of allylic oxidation sites excluding steroid dienone is 17. The van der Waals surface area contributed by atoms with Gasteiger partial charge in [-0.2, -0.15) is 0 Å².